The van der Waals surface area contributed by atoms with Gasteiger partial charge in [0.1, 0.15) is 5.75 Å². The molecule has 45 heavy (non-hydrogen) atoms. The van der Waals surface area contributed by atoms with Crippen molar-refractivity contribution in [1.29, 1.82) is 0 Å². The van der Waals surface area contributed by atoms with E-state index in [1.54, 1.807) is 24.3 Å². The molecule has 0 amide bonds. The summed E-state index contributed by atoms with van der Waals surface area (Å²) < 4.78 is 0. The molecule has 5 N–H and O–H groups in total. The van der Waals surface area contributed by atoms with Gasteiger partial charge >= 0.3 is 0 Å². The number of hydrogen-bond donors (Lipinski definition) is 5. The van der Waals surface area contributed by atoms with Crippen LogP contribution in [0.25, 0.3) is 0 Å². The van der Waals surface area contributed by atoms with Crippen molar-refractivity contribution in [2.24, 2.45) is 16.7 Å². The molecule has 0 aromatic heterocycles. The molecule has 244 valence electrons. The third-order valence-electron chi connectivity index (χ3n) is 10.8. The summed E-state index contributed by atoms with van der Waals surface area (Å²) in [5, 5.41) is 54.9. The Morgan fingerprint density at radius 3 is 2.44 bits per heavy atom. The molecule has 6 nitrogen and oxygen atoms in total. The number of ketones is 1. The van der Waals surface area contributed by atoms with Crippen LogP contribution in [-0.2, 0) is 11.2 Å². The van der Waals surface area contributed by atoms with E-state index >= 15 is 0 Å². The van der Waals surface area contributed by atoms with Crippen LogP contribution in [0.3, 0.4) is 0 Å². The van der Waals surface area contributed by atoms with Crippen molar-refractivity contribution in [2.75, 3.05) is 13.2 Å². The van der Waals surface area contributed by atoms with Gasteiger partial charge in [-0.1, -0.05) is 65.8 Å². The molecule has 6 heteroatoms. The lowest BCUT2D eigenvalue weighted by atomic mass is 9.51. The van der Waals surface area contributed by atoms with Crippen LogP contribution in [0, 0.1) is 16.7 Å². The maximum absolute atomic E-state index is 13.6. The highest BCUT2D eigenvalue weighted by molar-refractivity contribution is 5.97. The van der Waals surface area contributed by atoms with Crippen molar-refractivity contribution in [3.63, 3.8) is 0 Å². The quantitative estimate of drug-likeness (QED) is 0.141. The van der Waals surface area contributed by atoms with E-state index in [2.05, 4.69) is 26.5 Å². The summed E-state index contributed by atoms with van der Waals surface area (Å²) in [6.45, 7) is 11.8. The summed E-state index contributed by atoms with van der Waals surface area (Å²) >= 11 is 0. The molecule has 0 bridgehead atoms. The maximum atomic E-state index is 13.6. The number of aromatic hydroxyl groups is 1. The van der Waals surface area contributed by atoms with E-state index in [1.807, 2.05) is 38.2 Å². The highest BCUT2D eigenvalue weighted by Crippen LogP contribution is 2.67. The van der Waals surface area contributed by atoms with Crippen LogP contribution in [0.4, 0.5) is 0 Å². The predicted molar refractivity (Wildman–Crippen MR) is 179 cm³/mol. The molecule has 0 saturated heterocycles. The molecule has 2 saturated carbocycles. The Morgan fingerprint density at radius 1 is 1.09 bits per heavy atom. The minimum atomic E-state index is -1.23. The average Bonchev–Trinajstić information content (AvgIpc) is 3.28. The second-order valence-electron chi connectivity index (χ2n) is 13.9. The number of phenols is 1. The first-order valence-corrected chi connectivity index (χ1v) is 16.4. The van der Waals surface area contributed by atoms with Crippen LogP contribution in [0.2, 0.25) is 0 Å². The van der Waals surface area contributed by atoms with Crippen LogP contribution < -0.4 is 0 Å². The lowest BCUT2D eigenvalue weighted by Gasteiger charge is -2.56. The van der Waals surface area contributed by atoms with Crippen LogP contribution in [0.5, 0.6) is 5.75 Å². The summed E-state index contributed by atoms with van der Waals surface area (Å²) in [6.07, 6.45) is 14.1. The Balaban J connectivity index is 1.71. The van der Waals surface area contributed by atoms with Gasteiger partial charge in [0.25, 0.3) is 0 Å². The van der Waals surface area contributed by atoms with Crippen molar-refractivity contribution in [1.82, 2.24) is 0 Å². The highest BCUT2D eigenvalue weighted by Gasteiger charge is 2.68. The van der Waals surface area contributed by atoms with E-state index in [4.69, 9.17) is 0 Å². The van der Waals surface area contributed by atoms with E-state index in [0.29, 0.717) is 49.7 Å². The zero-order chi connectivity index (χ0) is 33.0. The second kappa shape index (κ2) is 14.2. The van der Waals surface area contributed by atoms with Gasteiger partial charge < -0.3 is 25.5 Å². The van der Waals surface area contributed by atoms with Gasteiger partial charge in [0, 0.05) is 23.9 Å². The number of carbonyl (C=O) groups excluding carboxylic acids is 1. The van der Waals surface area contributed by atoms with Crippen molar-refractivity contribution in [3.8, 4) is 5.75 Å². The molecular weight excluding hydrogens is 564 g/mol. The summed E-state index contributed by atoms with van der Waals surface area (Å²) in [4.78, 5) is 13.6. The topological polar surface area (TPSA) is 118 Å². The normalized spacial score (nSPS) is 31.4. The minimum absolute atomic E-state index is 0.0307. The van der Waals surface area contributed by atoms with Crippen LogP contribution in [-0.4, -0.2) is 56.2 Å². The zero-order valence-corrected chi connectivity index (χ0v) is 27.5. The van der Waals surface area contributed by atoms with E-state index in [0.717, 1.165) is 35.1 Å². The molecule has 5 unspecified atom stereocenters. The van der Waals surface area contributed by atoms with Gasteiger partial charge in [-0.25, -0.2) is 0 Å². The Hall–Kier alpha value is -3.03. The number of aliphatic hydroxyl groups is 4. The molecule has 0 radical (unpaired) electrons. The molecule has 1 aromatic rings. The van der Waals surface area contributed by atoms with E-state index in [9.17, 15) is 30.3 Å². The van der Waals surface area contributed by atoms with Crippen molar-refractivity contribution in [3.05, 3.63) is 100 Å². The van der Waals surface area contributed by atoms with Gasteiger partial charge in [-0.15, -0.1) is 0 Å². The smallest absolute Gasteiger partial charge is 0.162 e. The van der Waals surface area contributed by atoms with E-state index < -0.39 is 22.5 Å². The Labute approximate surface area is 268 Å². The third kappa shape index (κ3) is 6.90. The molecule has 0 aliphatic heterocycles. The summed E-state index contributed by atoms with van der Waals surface area (Å²) in [5.41, 5.74) is 3.20. The number of phenolic OH excluding ortho intramolecular Hbond substituents is 1. The maximum Gasteiger partial charge on any atom is 0.162 e. The second-order valence-corrected chi connectivity index (χ2v) is 13.9. The number of carbonyl (C=O) groups is 1. The molecule has 2 spiro atoms. The molecule has 4 rings (SSSR count). The number of aliphatic hydroxyl groups excluding tert-OH is 3. The van der Waals surface area contributed by atoms with E-state index in [1.165, 1.54) is 5.57 Å². The molecule has 0 heterocycles. The van der Waals surface area contributed by atoms with Gasteiger partial charge in [-0.3, -0.25) is 4.79 Å². The SMILES string of the molecule is C=C(C=C1C=CC2(CCC3(C(CCCO)C(=C(C)C(=O)Cc4ccc(O)cc4)CCC3(C)O)C2O)C(CO)=C1)CCC=C(C)C. The molecule has 3 aliphatic rings. The lowest BCUT2D eigenvalue weighted by Crippen LogP contribution is -2.61. The molecule has 1 aromatic carbocycles. The summed E-state index contributed by atoms with van der Waals surface area (Å²) in [6, 6.07) is 6.62. The zero-order valence-electron chi connectivity index (χ0n) is 27.5. The Morgan fingerprint density at radius 2 is 1.80 bits per heavy atom. The van der Waals surface area contributed by atoms with Crippen LogP contribution in [0.1, 0.15) is 84.6 Å². The highest BCUT2D eigenvalue weighted by atomic mass is 16.3. The number of Topliss-reactive ketones (excluding diaryl/α,β-unsaturated/α-hetero) is 1. The number of hydrogen-bond acceptors (Lipinski definition) is 6. The first-order valence-electron chi connectivity index (χ1n) is 16.4. The number of rotatable bonds is 11. The summed E-state index contributed by atoms with van der Waals surface area (Å²) in [5.74, 6) is -0.214. The van der Waals surface area contributed by atoms with Crippen molar-refractivity contribution in [2.45, 2.75) is 97.2 Å². The van der Waals surface area contributed by atoms with Crippen molar-refractivity contribution >= 4 is 5.78 Å². The molecule has 5 atom stereocenters. The Bertz CT molecular complexity index is 1420. The number of allylic oxidation sites excluding steroid dienone is 9. The van der Waals surface area contributed by atoms with Crippen LogP contribution >= 0.6 is 0 Å². The first-order chi connectivity index (χ1) is 21.3. The van der Waals surface area contributed by atoms with Gasteiger partial charge in [-0.2, -0.15) is 0 Å². The van der Waals surface area contributed by atoms with Gasteiger partial charge in [0.2, 0.25) is 0 Å². The first kappa shape index (κ1) is 34.8. The van der Waals surface area contributed by atoms with Crippen molar-refractivity contribution < 1.29 is 30.3 Å². The minimum Gasteiger partial charge on any atom is -0.508 e. The fourth-order valence-electron chi connectivity index (χ4n) is 8.22. The number of benzene rings is 1. The van der Waals surface area contributed by atoms with Gasteiger partial charge in [0.05, 0.1) is 18.3 Å². The monoisotopic (exact) mass is 616 g/mol. The fourth-order valence-corrected chi connectivity index (χ4v) is 8.22. The predicted octanol–water partition coefficient (Wildman–Crippen LogP) is 6.60. The molecule has 2 fully saturated rings. The molecule has 3 aliphatic carbocycles. The standard InChI is InChI=1S/C39H52O6/c1-26(2)8-6-9-27(3)22-30-15-18-38(31(23-30)25-41)19-20-39(36(38)44)34(10-7-21-40)33(16-17-37(39,5)45)28(4)35(43)24-29-11-13-32(42)14-12-29/h8,11-15,18,22-23,34,36,40-42,44-45H,3,6-7,9-10,16-17,19-21,24-25H2,1-2,4-5H3. The molecular formula is C39H52O6. The third-order valence-corrected chi connectivity index (χ3v) is 10.8. The van der Waals surface area contributed by atoms with Crippen LogP contribution in [0.15, 0.2) is 94.7 Å². The lowest BCUT2D eigenvalue weighted by molar-refractivity contribution is -0.173. The summed E-state index contributed by atoms with van der Waals surface area (Å²) in [7, 11) is 0. The Kier molecular flexibility index (Phi) is 11.0. The largest absolute Gasteiger partial charge is 0.508 e. The van der Waals surface area contributed by atoms with Gasteiger partial charge in [0.15, 0.2) is 5.78 Å². The fraction of sp³-hybridized carbons (Fsp3) is 0.513. The van der Waals surface area contributed by atoms with E-state index in [-0.39, 0.29) is 37.1 Å². The van der Waals surface area contributed by atoms with Gasteiger partial charge in [-0.05, 0) is 119 Å². The average molecular weight is 617 g/mol.